The molecule has 9 heteroatoms. The van der Waals surface area contributed by atoms with Gasteiger partial charge < -0.3 is 5.73 Å². The Morgan fingerprint density at radius 1 is 1.20 bits per heavy atom. The highest BCUT2D eigenvalue weighted by molar-refractivity contribution is 7.17. The van der Waals surface area contributed by atoms with Crippen LogP contribution in [0.5, 0.6) is 0 Å². The minimum atomic E-state index is -0.665. The third-order valence-electron chi connectivity index (χ3n) is 4.65. The Hall–Kier alpha value is -3.20. The van der Waals surface area contributed by atoms with E-state index in [1.807, 2.05) is 44.2 Å². The first-order valence-electron chi connectivity index (χ1n) is 9.93. The van der Waals surface area contributed by atoms with E-state index in [-0.39, 0.29) is 17.4 Å². The minimum absolute atomic E-state index is 0.00264. The van der Waals surface area contributed by atoms with E-state index in [4.69, 9.17) is 5.73 Å². The summed E-state index contributed by atoms with van der Waals surface area (Å²) in [5.74, 6) is -0.357. The molecular weight excluding hydrogens is 402 g/mol. The zero-order valence-electron chi connectivity index (χ0n) is 17.1. The first-order chi connectivity index (χ1) is 14.5. The monoisotopic (exact) mass is 427 g/mol. The van der Waals surface area contributed by atoms with Crippen molar-refractivity contribution in [2.45, 2.75) is 39.7 Å². The number of H-pyrrole nitrogens is 1. The highest BCUT2D eigenvalue weighted by atomic mass is 32.1. The third kappa shape index (κ3) is 4.35. The Morgan fingerprint density at radius 3 is 2.60 bits per heavy atom. The number of unbranched alkanes of at least 4 members (excludes halogenated alkanes) is 1. The molecule has 1 amide bonds. The zero-order valence-corrected chi connectivity index (χ0v) is 17.9. The van der Waals surface area contributed by atoms with Crippen molar-refractivity contribution in [2.24, 2.45) is 0 Å². The van der Waals surface area contributed by atoms with Crippen LogP contribution in [0, 0.1) is 0 Å². The minimum Gasteiger partial charge on any atom is -0.383 e. The van der Waals surface area contributed by atoms with E-state index in [0.717, 1.165) is 12.0 Å². The van der Waals surface area contributed by atoms with Crippen LogP contribution in [0.25, 0.3) is 10.6 Å². The van der Waals surface area contributed by atoms with Gasteiger partial charge in [-0.15, -0.1) is 11.3 Å². The van der Waals surface area contributed by atoms with Crippen LogP contribution in [-0.4, -0.2) is 27.0 Å². The van der Waals surface area contributed by atoms with Gasteiger partial charge in [0.1, 0.15) is 15.7 Å². The lowest BCUT2D eigenvalue weighted by molar-refractivity contribution is 0.0990. The molecule has 0 radical (unpaired) electrons. The SMILES string of the molecule is CCCCN(C(=O)c1cnc(-c2ccccc2)s1)c1c(N)n(CCC)c(=O)[nH]c1=O. The molecular formula is C21H25N5O3S. The second-order valence-corrected chi connectivity index (χ2v) is 7.88. The average molecular weight is 428 g/mol. The summed E-state index contributed by atoms with van der Waals surface area (Å²) >= 11 is 1.26. The molecule has 0 bridgehead atoms. The summed E-state index contributed by atoms with van der Waals surface area (Å²) in [7, 11) is 0. The van der Waals surface area contributed by atoms with Crippen LogP contribution >= 0.6 is 11.3 Å². The van der Waals surface area contributed by atoms with E-state index in [0.29, 0.717) is 35.8 Å². The van der Waals surface area contributed by atoms with Crippen molar-refractivity contribution in [3.8, 4) is 10.6 Å². The number of nitrogen functional groups attached to an aromatic ring is 1. The molecule has 158 valence electrons. The van der Waals surface area contributed by atoms with E-state index in [2.05, 4.69) is 9.97 Å². The number of nitrogens with two attached hydrogens (primary N) is 1. The van der Waals surface area contributed by atoms with Crippen molar-refractivity contribution >= 4 is 28.7 Å². The summed E-state index contributed by atoms with van der Waals surface area (Å²) in [5, 5.41) is 0.715. The number of amides is 1. The van der Waals surface area contributed by atoms with Crippen molar-refractivity contribution in [1.29, 1.82) is 0 Å². The Balaban J connectivity index is 2.05. The van der Waals surface area contributed by atoms with Gasteiger partial charge >= 0.3 is 5.69 Å². The molecule has 0 aliphatic heterocycles. The fraction of sp³-hybridized carbons (Fsp3) is 0.333. The van der Waals surface area contributed by atoms with Crippen LogP contribution in [0.3, 0.4) is 0 Å². The lowest BCUT2D eigenvalue weighted by Crippen LogP contribution is -2.41. The molecule has 0 spiro atoms. The highest BCUT2D eigenvalue weighted by Gasteiger charge is 2.26. The molecule has 30 heavy (non-hydrogen) atoms. The first-order valence-corrected chi connectivity index (χ1v) is 10.7. The molecule has 2 aromatic heterocycles. The molecule has 2 heterocycles. The second-order valence-electron chi connectivity index (χ2n) is 6.85. The lowest BCUT2D eigenvalue weighted by Gasteiger charge is -2.23. The van der Waals surface area contributed by atoms with Gasteiger partial charge in [-0.2, -0.15) is 0 Å². The van der Waals surface area contributed by atoms with Crippen LogP contribution in [0.4, 0.5) is 11.5 Å². The van der Waals surface area contributed by atoms with Crippen LogP contribution in [0.15, 0.2) is 46.1 Å². The number of carbonyl (C=O) groups is 1. The molecule has 0 aliphatic carbocycles. The topological polar surface area (TPSA) is 114 Å². The summed E-state index contributed by atoms with van der Waals surface area (Å²) < 4.78 is 1.30. The van der Waals surface area contributed by atoms with Gasteiger partial charge in [0.15, 0.2) is 5.69 Å². The molecule has 0 aliphatic rings. The fourth-order valence-corrected chi connectivity index (χ4v) is 4.01. The van der Waals surface area contributed by atoms with Crippen LogP contribution in [-0.2, 0) is 6.54 Å². The normalized spacial score (nSPS) is 10.9. The second kappa shape index (κ2) is 9.53. The summed E-state index contributed by atoms with van der Waals surface area (Å²) in [6.45, 7) is 4.56. The number of hydrogen-bond acceptors (Lipinski definition) is 6. The Morgan fingerprint density at radius 2 is 1.93 bits per heavy atom. The Bertz CT molecular complexity index is 1130. The van der Waals surface area contributed by atoms with E-state index in [1.165, 1.54) is 27.0 Å². The van der Waals surface area contributed by atoms with E-state index >= 15 is 0 Å². The third-order valence-corrected chi connectivity index (χ3v) is 5.68. The smallest absolute Gasteiger partial charge is 0.330 e. The molecule has 3 N–H and O–H groups in total. The average Bonchev–Trinajstić information content (AvgIpc) is 3.24. The molecule has 0 saturated carbocycles. The van der Waals surface area contributed by atoms with E-state index in [1.54, 1.807) is 0 Å². The zero-order chi connectivity index (χ0) is 21.7. The Labute approximate surface area is 178 Å². The molecule has 8 nitrogen and oxygen atoms in total. The van der Waals surface area contributed by atoms with Gasteiger partial charge in [-0.05, 0) is 12.8 Å². The number of hydrogen-bond donors (Lipinski definition) is 2. The standard InChI is InChI=1S/C21H25N5O3S/c1-3-5-12-25(16-17(22)26(11-4-2)21(29)24-18(16)27)20(28)15-13-23-19(30-15)14-9-7-6-8-10-14/h6-10,13H,3-5,11-12,22H2,1-2H3,(H,24,27,29). The van der Waals surface area contributed by atoms with Gasteiger partial charge in [-0.1, -0.05) is 50.6 Å². The predicted octanol–water partition coefficient (Wildman–Crippen LogP) is 3.10. The van der Waals surface area contributed by atoms with Crippen LogP contribution < -0.4 is 21.9 Å². The maximum absolute atomic E-state index is 13.4. The number of nitrogens with zero attached hydrogens (tertiary/aromatic N) is 3. The van der Waals surface area contributed by atoms with Crippen molar-refractivity contribution < 1.29 is 4.79 Å². The van der Waals surface area contributed by atoms with Gasteiger partial charge in [0.25, 0.3) is 11.5 Å². The highest BCUT2D eigenvalue weighted by Crippen LogP contribution is 2.28. The number of aromatic amines is 1. The lowest BCUT2D eigenvalue weighted by atomic mass is 10.2. The van der Waals surface area contributed by atoms with Crippen molar-refractivity contribution in [1.82, 2.24) is 14.5 Å². The summed E-state index contributed by atoms with van der Waals surface area (Å²) in [5.41, 5.74) is 5.88. The van der Waals surface area contributed by atoms with Gasteiger partial charge in [0.2, 0.25) is 0 Å². The number of aromatic nitrogens is 3. The quantitative estimate of drug-likeness (QED) is 0.573. The number of nitrogens with one attached hydrogen (secondary N) is 1. The fourth-order valence-electron chi connectivity index (χ4n) is 3.14. The van der Waals surface area contributed by atoms with Crippen LogP contribution in [0.1, 0.15) is 42.8 Å². The molecule has 0 fully saturated rings. The van der Waals surface area contributed by atoms with Crippen molar-refractivity contribution in [2.75, 3.05) is 17.2 Å². The molecule has 3 rings (SSSR count). The molecule has 3 aromatic rings. The van der Waals surface area contributed by atoms with Crippen molar-refractivity contribution in [3.05, 3.63) is 62.2 Å². The van der Waals surface area contributed by atoms with Gasteiger partial charge in [0.05, 0.1) is 6.20 Å². The van der Waals surface area contributed by atoms with Crippen molar-refractivity contribution in [3.63, 3.8) is 0 Å². The molecule has 0 unspecified atom stereocenters. The first kappa shape index (κ1) is 21.5. The van der Waals surface area contributed by atoms with E-state index in [9.17, 15) is 14.4 Å². The van der Waals surface area contributed by atoms with Gasteiger partial charge in [0, 0.05) is 18.7 Å². The summed E-state index contributed by atoms with van der Waals surface area (Å²) in [4.78, 5) is 46.6. The van der Waals surface area contributed by atoms with Gasteiger partial charge in [-0.25, -0.2) is 9.78 Å². The van der Waals surface area contributed by atoms with E-state index < -0.39 is 11.2 Å². The number of benzene rings is 1. The summed E-state index contributed by atoms with van der Waals surface area (Å²) in [6.07, 6.45) is 3.69. The molecule has 0 saturated heterocycles. The number of anilines is 2. The summed E-state index contributed by atoms with van der Waals surface area (Å²) in [6, 6.07) is 9.57. The maximum atomic E-state index is 13.4. The largest absolute Gasteiger partial charge is 0.383 e. The maximum Gasteiger partial charge on any atom is 0.330 e. The Kier molecular flexibility index (Phi) is 6.83. The van der Waals surface area contributed by atoms with Gasteiger partial charge in [-0.3, -0.25) is 24.0 Å². The number of thiazole rings is 1. The molecule has 1 aromatic carbocycles. The molecule has 0 atom stereocenters. The predicted molar refractivity (Wildman–Crippen MR) is 120 cm³/mol. The van der Waals surface area contributed by atoms with Crippen LogP contribution in [0.2, 0.25) is 0 Å². The number of carbonyl (C=O) groups excluding carboxylic acids is 1. The number of rotatable bonds is 8.